The number of benzene rings is 1. The van der Waals surface area contributed by atoms with Gasteiger partial charge >= 0.3 is 0 Å². The first-order chi connectivity index (χ1) is 8.58. The molecule has 0 saturated heterocycles. The Morgan fingerprint density at radius 3 is 2.61 bits per heavy atom. The molecule has 1 amide bonds. The lowest BCUT2D eigenvalue weighted by molar-refractivity contribution is -0.116. The first-order valence-electron chi connectivity index (χ1n) is 6.49. The van der Waals surface area contributed by atoms with E-state index in [0.29, 0.717) is 6.04 Å². The number of primary amides is 1. The Morgan fingerprint density at radius 2 is 2.06 bits per heavy atom. The Morgan fingerprint density at radius 1 is 1.39 bits per heavy atom. The van der Waals surface area contributed by atoms with Gasteiger partial charge < -0.3 is 16.4 Å². The van der Waals surface area contributed by atoms with Crippen LogP contribution in [0.15, 0.2) is 18.2 Å². The molecule has 4 nitrogen and oxygen atoms in total. The first kappa shape index (κ1) is 12.7. The van der Waals surface area contributed by atoms with Gasteiger partial charge in [0, 0.05) is 6.04 Å². The van der Waals surface area contributed by atoms with Crippen molar-refractivity contribution in [1.82, 2.24) is 0 Å². The minimum Gasteiger partial charge on any atom is -0.397 e. The van der Waals surface area contributed by atoms with Crippen molar-refractivity contribution < 1.29 is 4.79 Å². The predicted molar refractivity (Wildman–Crippen MR) is 74.4 cm³/mol. The average molecular weight is 247 g/mol. The number of rotatable bonds is 4. The first-order valence-corrected chi connectivity index (χ1v) is 6.49. The van der Waals surface area contributed by atoms with Gasteiger partial charge in [0.15, 0.2) is 0 Å². The molecule has 0 radical (unpaired) electrons. The standard InChI is InChI=1S/C14H21N3O/c1-10-6-7-13(12(15)8-10)17(9-14(16)18)11-4-2-3-5-11/h6-8,11H,2-5,9,15H2,1H3,(H2,16,18). The van der Waals surface area contributed by atoms with Crippen LogP contribution in [0.1, 0.15) is 31.2 Å². The fourth-order valence-electron chi connectivity index (χ4n) is 2.73. The van der Waals surface area contributed by atoms with E-state index in [2.05, 4.69) is 4.90 Å². The van der Waals surface area contributed by atoms with E-state index in [9.17, 15) is 4.79 Å². The van der Waals surface area contributed by atoms with Crippen LogP contribution in [-0.2, 0) is 4.79 Å². The van der Waals surface area contributed by atoms with Crippen LogP contribution in [0.5, 0.6) is 0 Å². The molecule has 1 aromatic carbocycles. The second-order valence-electron chi connectivity index (χ2n) is 5.09. The molecular weight excluding hydrogens is 226 g/mol. The van der Waals surface area contributed by atoms with E-state index in [-0.39, 0.29) is 12.5 Å². The molecule has 1 saturated carbocycles. The van der Waals surface area contributed by atoms with E-state index >= 15 is 0 Å². The highest BCUT2D eigenvalue weighted by Gasteiger charge is 2.25. The van der Waals surface area contributed by atoms with Crippen LogP contribution < -0.4 is 16.4 Å². The molecule has 1 aliphatic rings. The van der Waals surface area contributed by atoms with Gasteiger partial charge in [-0.3, -0.25) is 4.79 Å². The van der Waals surface area contributed by atoms with Crippen molar-refractivity contribution >= 4 is 17.3 Å². The van der Waals surface area contributed by atoms with Crippen LogP contribution in [0, 0.1) is 6.92 Å². The van der Waals surface area contributed by atoms with Gasteiger partial charge in [0.25, 0.3) is 0 Å². The summed E-state index contributed by atoms with van der Waals surface area (Å²) in [5.41, 5.74) is 14.2. The number of hydrogen-bond acceptors (Lipinski definition) is 3. The number of nitrogens with two attached hydrogens (primary N) is 2. The monoisotopic (exact) mass is 247 g/mol. The van der Waals surface area contributed by atoms with Gasteiger partial charge in [-0.05, 0) is 37.5 Å². The number of hydrogen-bond donors (Lipinski definition) is 2. The minimum absolute atomic E-state index is 0.248. The third kappa shape index (κ3) is 2.75. The Balaban J connectivity index is 2.29. The molecule has 0 bridgehead atoms. The quantitative estimate of drug-likeness (QED) is 0.797. The molecule has 1 fully saturated rings. The highest BCUT2D eigenvalue weighted by atomic mass is 16.1. The molecule has 0 aliphatic heterocycles. The van der Waals surface area contributed by atoms with Gasteiger partial charge in [-0.15, -0.1) is 0 Å². The van der Waals surface area contributed by atoms with Crippen LogP contribution in [0.2, 0.25) is 0 Å². The van der Waals surface area contributed by atoms with Gasteiger partial charge in [-0.25, -0.2) is 0 Å². The smallest absolute Gasteiger partial charge is 0.236 e. The Bertz CT molecular complexity index is 439. The summed E-state index contributed by atoms with van der Waals surface area (Å²) < 4.78 is 0. The number of nitrogens with zero attached hydrogens (tertiary/aromatic N) is 1. The Kier molecular flexibility index (Phi) is 3.75. The summed E-state index contributed by atoms with van der Waals surface area (Å²) >= 11 is 0. The predicted octanol–water partition coefficient (Wildman–Crippen LogP) is 1.81. The normalized spacial score (nSPS) is 15.8. The molecule has 0 atom stereocenters. The summed E-state index contributed by atoms with van der Waals surface area (Å²) in [6, 6.07) is 6.35. The summed E-state index contributed by atoms with van der Waals surface area (Å²) in [6.45, 7) is 2.26. The molecule has 4 heteroatoms. The fraction of sp³-hybridized carbons (Fsp3) is 0.500. The zero-order valence-corrected chi connectivity index (χ0v) is 10.9. The molecule has 1 aromatic rings. The number of carbonyl (C=O) groups is 1. The SMILES string of the molecule is Cc1ccc(N(CC(N)=O)C2CCCC2)c(N)c1. The topological polar surface area (TPSA) is 72.3 Å². The maximum atomic E-state index is 11.3. The van der Waals surface area contributed by atoms with Crippen LogP contribution in [0.25, 0.3) is 0 Å². The van der Waals surface area contributed by atoms with Crippen molar-refractivity contribution in [3.05, 3.63) is 23.8 Å². The molecule has 18 heavy (non-hydrogen) atoms. The largest absolute Gasteiger partial charge is 0.397 e. The second kappa shape index (κ2) is 5.29. The zero-order valence-electron chi connectivity index (χ0n) is 10.9. The van der Waals surface area contributed by atoms with Crippen LogP contribution in [0.3, 0.4) is 0 Å². The van der Waals surface area contributed by atoms with Crippen LogP contribution >= 0.6 is 0 Å². The van der Waals surface area contributed by atoms with Gasteiger partial charge in [0.05, 0.1) is 17.9 Å². The maximum Gasteiger partial charge on any atom is 0.236 e. The van der Waals surface area contributed by atoms with E-state index in [4.69, 9.17) is 11.5 Å². The lowest BCUT2D eigenvalue weighted by Gasteiger charge is -2.31. The lowest BCUT2D eigenvalue weighted by Crippen LogP contribution is -2.40. The molecule has 2 rings (SSSR count). The molecule has 0 unspecified atom stereocenters. The second-order valence-corrected chi connectivity index (χ2v) is 5.09. The third-order valence-corrected chi connectivity index (χ3v) is 3.58. The highest BCUT2D eigenvalue weighted by Crippen LogP contribution is 2.31. The van der Waals surface area contributed by atoms with E-state index in [1.807, 2.05) is 25.1 Å². The van der Waals surface area contributed by atoms with Crippen molar-refractivity contribution in [2.24, 2.45) is 5.73 Å². The minimum atomic E-state index is -0.304. The summed E-state index contributed by atoms with van der Waals surface area (Å²) in [6.07, 6.45) is 4.65. The van der Waals surface area contributed by atoms with Gasteiger partial charge in [-0.2, -0.15) is 0 Å². The molecule has 98 valence electrons. The van der Waals surface area contributed by atoms with Gasteiger partial charge in [0.2, 0.25) is 5.91 Å². The molecule has 0 spiro atoms. The van der Waals surface area contributed by atoms with Gasteiger partial charge in [0.1, 0.15) is 0 Å². The van der Waals surface area contributed by atoms with Crippen molar-refractivity contribution in [3.8, 4) is 0 Å². The Hall–Kier alpha value is -1.71. The molecular formula is C14H21N3O. The van der Waals surface area contributed by atoms with Gasteiger partial charge in [-0.1, -0.05) is 18.9 Å². The van der Waals surface area contributed by atoms with E-state index < -0.39 is 0 Å². The van der Waals surface area contributed by atoms with Crippen molar-refractivity contribution in [3.63, 3.8) is 0 Å². The van der Waals surface area contributed by atoms with E-state index in [1.165, 1.54) is 12.8 Å². The summed E-state index contributed by atoms with van der Waals surface area (Å²) in [5, 5.41) is 0. The van der Waals surface area contributed by atoms with Crippen molar-refractivity contribution in [2.45, 2.75) is 38.6 Å². The summed E-state index contributed by atoms with van der Waals surface area (Å²) in [5.74, 6) is -0.304. The molecule has 1 aliphatic carbocycles. The Labute approximate surface area is 108 Å². The zero-order chi connectivity index (χ0) is 13.1. The maximum absolute atomic E-state index is 11.3. The van der Waals surface area contributed by atoms with Crippen molar-refractivity contribution in [2.75, 3.05) is 17.2 Å². The number of aryl methyl sites for hydroxylation is 1. The van der Waals surface area contributed by atoms with Crippen LogP contribution in [0.4, 0.5) is 11.4 Å². The van der Waals surface area contributed by atoms with E-state index in [1.54, 1.807) is 0 Å². The summed E-state index contributed by atoms with van der Waals surface area (Å²) in [7, 11) is 0. The molecule has 0 heterocycles. The number of nitrogen functional groups attached to an aromatic ring is 1. The van der Waals surface area contributed by atoms with Crippen LogP contribution in [-0.4, -0.2) is 18.5 Å². The highest BCUT2D eigenvalue weighted by molar-refractivity contribution is 5.82. The summed E-state index contributed by atoms with van der Waals surface area (Å²) in [4.78, 5) is 13.3. The number of amides is 1. The third-order valence-electron chi connectivity index (χ3n) is 3.58. The number of carbonyl (C=O) groups excluding carboxylic acids is 1. The lowest BCUT2D eigenvalue weighted by atomic mass is 10.1. The molecule has 4 N–H and O–H groups in total. The fourth-order valence-corrected chi connectivity index (χ4v) is 2.73. The average Bonchev–Trinajstić information content (AvgIpc) is 2.79. The number of anilines is 2. The van der Waals surface area contributed by atoms with Crippen molar-refractivity contribution in [1.29, 1.82) is 0 Å². The molecule has 0 aromatic heterocycles. The van der Waals surface area contributed by atoms with E-state index in [0.717, 1.165) is 29.8 Å².